The van der Waals surface area contributed by atoms with E-state index in [0.29, 0.717) is 21.7 Å². The first-order valence-electron chi connectivity index (χ1n) is 6.41. The number of hydrogen-bond donors (Lipinski definition) is 1. The Hall–Kier alpha value is -2.15. The van der Waals surface area contributed by atoms with E-state index in [9.17, 15) is 14.7 Å². The number of Topliss-reactive ketones (excluding diaryl/α,β-unsaturated/α-hetero) is 1. The lowest BCUT2D eigenvalue weighted by atomic mass is 10.2. The monoisotopic (exact) mass is 309 g/mol. The third-order valence-electron chi connectivity index (χ3n) is 2.78. The summed E-state index contributed by atoms with van der Waals surface area (Å²) in [5.41, 5.74) is 0.578. The van der Waals surface area contributed by atoms with Crippen LogP contribution >= 0.6 is 11.3 Å². The molecule has 0 bridgehead atoms. The molecule has 0 fully saturated rings. The van der Waals surface area contributed by atoms with E-state index in [-0.39, 0.29) is 36.2 Å². The molecule has 1 N–H and O–H groups in total. The number of fused-ring (bicyclic) bond motifs is 1. The van der Waals surface area contributed by atoms with E-state index in [1.165, 1.54) is 24.5 Å². The molecule has 0 aliphatic carbocycles. The fourth-order valence-corrected chi connectivity index (χ4v) is 2.80. The number of hydrogen-bond acceptors (Lipinski definition) is 7. The third-order valence-corrected chi connectivity index (χ3v) is 3.89. The molecule has 0 unspecified atom stereocenters. The number of methoxy groups -OCH3 is 1. The van der Waals surface area contributed by atoms with E-state index in [1.54, 1.807) is 13.0 Å². The van der Waals surface area contributed by atoms with E-state index in [1.807, 2.05) is 0 Å². The van der Waals surface area contributed by atoms with Crippen molar-refractivity contribution in [3.63, 3.8) is 0 Å². The quantitative estimate of drug-likeness (QED) is 0.652. The van der Waals surface area contributed by atoms with Gasteiger partial charge in [-0.3, -0.25) is 9.59 Å². The molecule has 2 aromatic rings. The Kier molecular flexibility index (Phi) is 4.74. The summed E-state index contributed by atoms with van der Waals surface area (Å²) in [6.07, 6.45) is 0.150. The summed E-state index contributed by atoms with van der Waals surface area (Å²) in [4.78, 5) is 27.9. The number of carbonyl (C=O) groups excluding carboxylic acids is 2. The normalized spacial score (nSPS) is 10.6. The van der Waals surface area contributed by atoms with Crippen molar-refractivity contribution in [3.05, 3.63) is 17.0 Å². The van der Waals surface area contributed by atoms with Crippen LogP contribution in [0.2, 0.25) is 0 Å². The highest BCUT2D eigenvalue weighted by atomic mass is 32.1. The Labute approximate surface area is 125 Å². The van der Waals surface area contributed by atoms with Gasteiger partial charge in [0.15, 0.2) is 11.5 Å². The molecule has 0 aliphatic heterocycles. The maximum absolute atomic E-state index is 12.0. The zero-order chi connectivity index (χ0) is 15.4. The molecule has 7 heteroatoms. The van der Waals surface area contributed by atoms with Gasteiger partial charge in [0.05, 0.1) is 35.2 Å². The van der Waals surface area contributed by atoms with E-state index in [2.05, 4.69) is 4.98 Å². The summed E-state index contributed by atoms with van der Waals surface area (Å²) in [5, 5.41) is 9.66. The zero-order valence-electron chi connectivity index (χ0n) is 11.7. The van der Waals surface area contributed by atoms with Gasteiger partial charge in [0.25, 0.3) is 5.88 Å². The molecule has 0 saturated carbocycles. The molecule has 0 atom stereocenters. The van der Waals surface area contributed by atoms with Crippen molar-refractivity contribution in [2.75, 3.05) is 13.7 Å². The molecular weight excluding hydrogens is 294 g/mol. The van der Waals surface area contributed by atoms with Gasteiger partial charge in [-0.2, -0.15) is 0 Å². The summed E-state index contributed by atoms with van der Waals surface area (Å²) >= 11 is 1.22. The van der Waals surface area contributed by atoms with Crippen molar-refractivity contribution in [1.82, 2.24) is 4.98 Å². The van der Waals surface area contributed by atoms with Crippen molar-refractivity contribution in [2.24, 2.45) is 0 Å². The maximum Gasteiger partial charge on any atom is 0.306 e. The minimum atomic E-state index is -0.385. The summed E-state index contributed by atoms with van der Waals surface area (Å²) < 4.78 is 10.4. The number of esters is 1. The van der Waals surface area contributed by atoms with Gasteiger partial charge in [-0.25, -0.2) is 4.98 Å². The average molecular weight is 309 g/mol. The molecule has 0 aliphatic rings. The largest absolute Gasteiger partial charge is 0.503 e. The molecule has 21 heavy (non-hydrogen) atoms. The Morgan fingerprint density at radius 3 is 2.76 bits per heavy atom. The number of carbonyl (C=O) groups is 2. The lowest BCUT2D eigenvalue weighted by Gasteiger charge is -2.00. The molecule has 0 aromatic carbocycles. The topological polar surface area (TPSA) is 85.7 Å². The van der Waals surface area contributed by atoms with Gasteiger partial charge in [0, 0.05) is 12.5 Å². The van der Waals surface area contributed by atoms with Crippen molar-refractivity contribution < 1.29 is 24.2 Å². The van der Waals surface area contributed by atoms with Crippen molar-refractivity contribution in [3.8, 4) is 11.6 Å². The number of ketones is 1. The van der Waals surface area contributed by atoms with Crippen LogP contribution in [0.3, 0.4) is 0 Å². The van der Waals surface area contributed by atoms with E-state index >= 15 is 0 Å². The van der Waals surface area contributed by atoms with Gasteiger partial charge < -0.3 is 14.6 Å². The number of ether oxygens (including phenoxy) is 2. The van der Waals surface area contributed by atoms with E-state index < -0.39 is 0 Å². The average Bonchev–Trinajstić information content (AvgIpc) is 2.86. The minimum absolute atomic E-state index is 0.0585. The lowest BCUT2D eigenvalue weighted by Crippen LogP contribution is -2.07. The number of thiophene rings is 1. The molecular formula is C14H15NO5S. The van der Waals surface area contributed by atoms with Crippen molar-refractivity contribution in [1.29, 1.82) is 0 Å². The van der Waals surface area contributed by atoms with Crippen LogP contribution in [0.15, 0.2) is 12.1 Å². The van der Waals surface area contributed by atoms with Crippen LogP contribution < -0.4 is 4.74 Å². The fraction of sp³-hybridized carbons (Fsp3) is 0.357. The highest BCUT2D eigenvalue weighted by Crippen LogP contribution is 2.33. The second-order valence-electron chi connectivity index (χ2n) is 4.24. The molecule has 2 rings (SSSR count). The fourth-order valence-electron chi connectivity index (χ4n) is 1.80. The minimum Gasteiger partial charge on any atom is -0.503 e. The lowest BCUT2D eigenvalue weighted by molar-refractivity contribution is -0.143. The zero-order valence-corrected chi connectivity index (χ0v) is 12.5. The summed E-state index contributed by atoms with van der Waals surface area (Å²) in [6.45, 7) is 2.02. The highest BCUT2D eigenvalue weighted by Gasteiger charge is 2.15. The first kappa shape index (κ1) is 15.2. The number of pyridine rings is 1. The molecule has 112 valence electrons. The van der Waals surface area contributed by atoms with Gasteiger partial charge in [-0.1, -0.05) is 0 Å². The molecule has 0 radical (unpaired) electrons. The molecule has 2 aromatic heterocycles. The van der Waals surface area contributed by atoms with Crippen molar-refractivity contribution in [2.45, 2.75) is 19.8 Å². The van der Waals surface area contributed by atoms with Gasteiger partial charge in [-0.05, 0) is 13.0 Å². The van der Waals surface area contributed by atoms with Gasteiger partial charge >= 0.3 is 5.97 Å². The number of nitrogens with zero attached hydrogens (tertiary/aromatic N) is 1. The Morgan fingerprint density at radius 2 is 2.10 bits per heavy atom. The van der Waals surface area contributed by atoms with E-state index in [4.69, 9.17) is 9.47 Å². The predicted molar refractivity (Wildman–Crippen MR) is 78.0 cm³/mol. The smallest absolute Gasteiger partial charge is 0.306 e. The van der Waals surface area contributed by atoms with Crippen LogP contribution in [0.1, 0.15) is 29.4 Å². The highest BCUT2D eigenvalue weighted by molar-refractivity contribution is 7.20. The van der Waals surface area contributed by atoms with Gasteiger partial charge in [0.1, 0.15) is 0 Å². The van der Waals surface area contributed by atoms with Crippen LogP contribution in [0.25, 0.3) is 10.2 Å². The number of rotatable bonds is 6. The summed E-state index contributed by atoms with van der Waals surface area (Å²) in [5.74, 6) is -0.489. The summed E-state index contributed by atoms with van der Waals surface area (Å²) in [6, 6.07) is 3.14. The molecule has 0 spiro atoms. The third kappa shape index (κ3) is 3.49. The standard InChI is InChI=1S/C14H15NO5S/c1-3-20-13(18)5-4-9(16)12-6-8-11(21-12)7-10(17)14(15-8)19-2/h6-7,17H,3-5H2,1-2H3. The van der Waals surface area contributed by atoms with Crippen molar-refractivity contribution >= 4 is 33.3 Å². The molecule has 0 amide bonds. The second-order valence-corrected chi connectivity index (χ2v) is 5.32. The maximum atomic E-state index is 12.0. The van der Waals surface area contributed by atoms with Crippen LogP contribution in [0.4, 0.5) is 0 Å². The van der Waals surface area contributed by atoms with Gasteiger partial charge in [0.2, 0.25) is 0 Å². The van der Waals surface area contributed by atoms with Crippen LogP contribution in [0, 0.1) is 0 Å². The SMILES string of the molecule is CCOC(=O)CCC(=O)c1cc2nc(OC)c(O)cc2s1. The molecule has 6 nitrogen and oxygen atoms in total. The predicted octanol–water partition coefficient (Wildman–Crippen LogP) is 2.54. The first-order valence-corrected chi connectivity index (χ1v) is 7.23. The number of aromatic hydroxyl groups is 1. The molecule has 0 saturated heterocycles. The van der Waals surface area contributed by atoms with Gasteiger partial charge in [-0.15, -0.1) is 11.3 Å². The van der Waals surface area contributed by atoms with Crippen LogP contribution in [-0.2, 0) is 9.53 Å². The second kappa shape index (κ2) is 6.53. The Bertz CT molecular complexity index is 679. The number of aromatic nitrogens is 1. The van der Waals surface area contributed by atoms with E-state index in [0.717, 1.165) is 0 Å². The first-order chi connectivity index (χ1) is 10.0. The summed E-state index contributed by atoms with van der Waals surface area (Å²) in [7, 11) is 1.41. The Balaban J connectivity index is 2.15. The Morgan fingerprint density at radius 1 is 1.33 bits per heavy atom. The van der Waals surface area contributed by atoms with Crippen LogP contribution in [-0.4, -0.2) is 35.6 Å². The molecule has 2 heterocycles. The van der Waals surface area contributed by atoms with Crippen LogP contribution in [0.5, 0.6) is 11.6 Å².